The number of aliphatic hydroxyl groups excluding tert-OH is 1. The normalized spacial score (nSPS) is 11.6. The van der Waals surface area contributed by atoms with Crippen LogP contribution in [-0.4, -0.2) is 17.2 Å². The third-order valence-electron chi connectivity index (χ3n) is 2.61. The molecule has 0 heterocycles. The first-order chi connectivity index (χ1) is 9.20. The maximum Gasteiger partial charge on any atom is 0.216 e. The lowest BCUT2D eigenvalue weighted by molar-refractivity contribution is 0.0251. The fourth-order valence-electron chi connectivity index (χ4n) is 1.63. The number of ketones is 1. The molecule has 0 saturated carbocycles. The number of rotatable bonds is 5. The Morgan fingerprint density at radius 2 is 1.63 bits per heavy atom. The second kappa shape index (κ2) is 5.98. The Bertz CT molecular complexity index is 558. The van der Waals surface area contributed by atoms with Crippen molar-refractivity contribution in [2.75, 3.05) is 0 Å². The summed E-state index contributed by atoms with van der Waals surface area (Å²) in [6.45, 7) is 3.41. The second-order valence-electron chi connectivity index (χ2n) is 3.96. The average Bonchev–Trinajstić information content (AvgIpc) is 2.48. The third-order valence-corrected chi connectivity index (χ3v) is 2.61. The van der Waals surface area contributed by atoms with Crippen LogP contribution in [0.1, 0.15) is 15.9 Å². The molecular weight excluding hydrogens is 240 g/mol. The topological polar surface area (TPSA) is 46.5 Å². The Balaban J connectivity index is 2.14. The zero-order valence-corrected chi connectivity index (χ0v) is 10.3. The van der Waals surface area contributed by atoms with E-state index in [1.807, 2.05) is 18.2 Å². The molecule has 0 aliphatic heterocycles. The molecular formula is C16H14O3. The highest BCUT2D eigenvalue weighted by atomic mass is 16.6. The van der Waals surface area contributed by atoms with E-state index in [1.165, 1.54) is 6.08 Å². The SMILES string of the molecule is C=CC(O)Oc1ccc(C(=O)c2ccccc2)cc1. The predicted octanol–water partition coefficient (Wildman–Crippen LogP) is 2.80. The summed E-state index contributed by atoms with van der Waals surface area (Å²) in [5, 5.41) is 9.26. The van der Waals surface area contributed by atoms with Gasteiger partial charge in [0.2, 0.25) is 6.29 Å². The number of hydrogen-bond donors (Lipinski definition) is 1. The van der Waals surface area contributed by atoms with Crippen LogP contribution in [0.15, 0.2) is 67.3 Å². The molecule has 19 heavy (non-hydrogen) atoms. The molecule has 3 heteroatoms. The van der Waals surface area contributed by atoms with E-state index in [-0.39, 0.29) is 5.78 Å². The number of carbonyl (C=O) groups is 1. The van der Waals surface area contributed by atoms with Crippen LogP contribution >= 0.6 is 0 Å². The molecule has 2 aromatic rings. The maximum absolute atomic E-state index is 12.1. The molecule has 0 fully saturated rings. The van der Waals surface area contributed by atoms with Crippen molar-refractivity contribution in [1.82, 2.24) is 0 Å². The van der Waals surface area contributed by atoms with Gasteiger partial charge in [-0.1, -0.05) is 36.9 Å². The van der Waals surface area contributed by atoms with Crippen molar-refractivity contribution in [3.8, 4) is 5.75 Å². The lowest BCUT2D eigenvalue weighted by Crippen LogP contribution is -2.11. The Morgan fingerprint density at radius 3 is 2.21 bits per heavy atom. The van der Waals surface area contributed by atoms with Crippen molar-refractivity contribution in [3.63, 3.8) is 0 Å². The largest absolute Gasteiger partial charge is 0.461 e. The maximum atomic E-state index is 12.1. The smallest absolute Gasteiger partial charge is 0.216 e. The molecule has 2 rings (SSSR count). The highest BCUT2D eigenvalue weighted by Crippen LogP contribution is 2.16. The van der Waals surface area contributed by atoms with Crippen molar-refractivity contribution in [3.05, 3.63) is 78.4 Å². The van der Waals surface area contributed by atoms with Gasteiger partial charge < -0.3 is 9.84 Å². The van der Waals surface area contributed by atoms with Crippen LogP contribution < -0.4 is 4.74 Å². The molecule has 1 N–H and O–H groups in total. The van der Waals surface area contributed by atoms with Gasteiger partial charge in [0.25, 0.3) is 0 Å². The molecule has 0 spiro atoms. The van der Waals surface area contributed by atoms with Gasteiger partial charge in [0.15, 0.2) is 5.78 Å². The summed E-state index contributed by atoms with van der Waals surface area (Å²) >= 11 is 0. The summed E-state index contributed by atoms with van der Waals surface area (Å²) in [5.41, 5.74) is 1.22. The summed E-state index contributed by atoms with van der Waals surface area (Å²) in [7, 11) is 0. The van der Waals surface area contributed by atoms with Gasteiger partial charge in [-0.3, -0.25) is 4.79 Å². The van der Waals surface area contributed by atoms with Crippen LogP contribution in [0.2, 0.25) is 0 Å². The molecule has 0 aliphatic rings. The molecule has 0 amide bonds. The molecule has 0 aromatic heterocycles. The van der Waals surface area contributed by atoms with Crippen molar-refractivity contribution in [2.24, 2.45) is 0 Å². The Kier molecular flexibility index (Phi) is 4.11. The van der Waals surface area contributed by atoms with Gasteiger partial charge in [-0.05, 0) is 30.3 Å². The molecule has 1 unspecified atom stereocenters. The number of carbonyl (C=O) groups excluding carboxylic acids is 1. The van der Waals surface area contributed by atoms with Gasteiger partial charge in [0.1, 0.15) is 5.75 Å². The zero-order valence-electron chi connectivity index (χ0n) is 10.3. The Morgan fingerprint density at radius 1 is 1.05 bits per heavy atom. The summed E-state index contributed by atoms with van der Waals surface area (Å²) < 4.78 is 5.13. The molecule has 1 atom stereocenters. The van der Waals surface area contributed by atoms with E-state index in [0.717, 1.165) is 0 Å². The highest BCUT2D eigenvalue weighted by Gasteiger charge is 2.08. The molecule has 3 nitrogen and oxygen atoms in total. The average molecular weight is 254 g/mol. The molecule has 96 valence electrons. The molecule has 0 bridgehead atoms. The second-order valence-corrected chi connectivity index (χ2v) is 3.96. The minimum atomic E-state index is -1.05. The van der Waals surface area contributed by atoms with Gasteiger partial charge in [-0.25, -0.2) is 0 Å². The summed E-state index contributed by atoms with van der Waals surface area (Å²) in [5.74, 6) is 0.438. The number of ether oxygens (including phenoxy) is 1. The van der Waals surface area contributed by atoms with E-state index in [1.54, 1.807) is 36.4 Å². The standard InChI is InChI=1S/C16H14O3/c1-2-15(17)19-14-10-8-13(9-11-14)16(18)12-6-4-3-5-7-12/h2-11,15,17H,1H2. The minimum absolute atomic E-state index is 0.0450. The Labute approximate surface area is 111 Å². The number of aliphatic hydroxyl groups is 1. The summed E-state index contributed by atoms with van der Waals surface area (Å²) in [6, 6.07) is 15.7. The lowest BCUT2D eigenvalue weighted by Gasteiger charge is -2.09. The van der Waals surface area contributed by atoms with E-state index in [2.05, 4.69) is 6.58 Å². The third kappa shape index (κ3) is 3.30. The van der Waals surface area contributed by atoms with Crippen molar-refractivity contribution in [2.45, 2.75) is 6.29 Å². The van der Waals surface area contributed by atoms with Crippen LogP contribution in [-0.2, 0) is 0 Å². The van der Waals surface area contributed by atoms with Gasteiger partial charge in [-0.15, -0.1) is 0 Å². The van der Waals surface area contributed by atoms with Crippen LogP contribution in [0.25, 0.3) is 0 Å². The van der Waals surface area contributed by atoms with Crippen molar-refractivity contribution < 1.29 is 14.6 Å². The molecule has 0 saturated heterocycles. The van der Waals surface area contributed by atoms with E-state index >= 15 is 0 Å². The van der Waals surface area contributed by atoms with Crippen LogP contribution in [0.3, 0.4) is 0 Å². The molecule has 0 aliphatic carbocycles. The van der Waals surface area contributed by atoms with Crippen molar-refractivity contribution in [1.29, 1.82) is 0 Å². The fourth-order valence-corrected chi connectivity index (χ4v) is 1.63. The molecule has 0 radical (unpaired) electrons. The van der Waals surface area contributed by atoms with Gasteiger partial charge in [-0.2, -0.15) is 0 Å². The Hall–Kier alpha value is -2.39. The van der Waals surface area contributed by atoms with Crippen LogP contribution in [0, 0.1) is 0 Å². The quantitative estimate of drug-likeness (QED) is 0.507. The van der Waals surface area contributed by atoms with Gasteiger partial charge in [0.05, 0.1) is 0 Å². The molecule has 2 aromatic carbocycles. The van der Waals surface area contributed by atoms with Crippen LogP contribution in [0.4, 0.5) is 0 Å². The zero-order chi connectivity index (χ0) is 13.7. The van der Waals surface area contributed by atoms with E-state index in [4.69, 9.17) is 4.74 Å². The lowest BCUT2D eigenvalue weighted by atomic mass is 10.0. The van der Waals surface area contributed by atoms with Gasteiger partial charge in [0, 0.05) is 11.1 Å². The highest BCUT2D eigenvalue weighted by molar-refractivity contribution is 6.08. The number of hydrogen-bond acceptors (Lipinski definition) is 3. The summed E-state index contributed by atoms with van der Waals surface area (Å²) in [6.07, 6.45) is 0.235. The van der Waals surface area contributed by atoms with Crippen molar-refractivity contribution >= 4 is 5.78 Å². The van der Waals surface area contributed by atoms with E-state index < -0.39 is 6.29 Å². The van der Waals surface area contributed by atoms with E-state index in [0.29, 0.717) is 16.9 Å². The fraction of sp³-hybridized carbons (Fsp3) is 0.0625. The first-order valence-corrected chi connectivity index (χ1v) is 5.88. The minimum Gasteiger partial charge on any atom is -0.461 e. The monoisotopic (exact) mass is 254 g/mol. The summed E-state index contributed by atoms with van der Waals surface area (Å²) in [4.78, 5) is 12.1. The first-order valence-electron chi connectivity index (χ1n) is 5.88. The number of benzene rings is 2. The first kappa shape index (κ1) is 13.1. The van der Waals surface area contributed by atoms with E-state index in [9.17, 15) is 9.90 Å². The van der Waals surface area contributed by atoms with Crippen LogP contribution in [0.5, 0.6) is 5.75 Å². The van der Waals surface area contributed by atoms with Gasteiger partial charge >= 0.3 is 0 Å². The predicted molar refractivity (Wildman–Crippen MR) is 73.1 cm³/mol.